The highest BCUT2D eigenvalue weighted by molar-refractivity contribution is 5.74. The smallest absolute Gasteiger partial charge is 0.315 e. The predicted octanol–water partition coefficient (Wildman–Crippen LogP) is 1.76. The number of hydrogen-bond acceptors (Lipinski definition) is 2. The van der Waals surface area contributed by atoms with Gasteiger partial charge in [0.25, 0.3) is 0 Å². The van der Waals surface area contributed by atoms with Gasteiger partial charge in [-0.15, -0.1) is 0 Å². The van der Waals surface area contributed by atoms with E-state index in [9.17, 15) is 4.79 Å². The van der Waals surface area contributed by atoms with Crippen LogP contribution in [0.25, 0.3) is 0 Å². The molecule has 0 bridgehead atoms. The van der Waals surface area contributed by atoms with E-state index in [1.165, 1.54) is 0 Å². The Morgan fingerprint density at radius 3 is 2.47 bits per heavy atom. The number of carbonyl (C=O) groups excluding carboxylic acids is 1. The summed E-state index contributed by atoms with van der Waals surface area (Å²) in [5.41, 5.74) is 0. The Kier molecular flexibility index (Phi) is 8.09. The normalized spacial score (nSPS) is 12.6. The summed E-state index contributed by atoms with van der Waals surface area (Å²) in [6, 6.07) is -0.0166. The van der Waals surface area contributed by atoms with E-state index >= 15 is 0 Å². The molecular weight excluding hydrogens is 192 g/mol. The van der Waals surface area contributed by atoms with Crippen molar-refractivity contribution in [2.45, 2.75) is 40.2 Å². The van der Waals surface area contributed by atoms with E-state index < -0.39 is 0 Å². The van der Waals surface area contributed by atoms with E-state index in [4.69, 9.17) is 4.74 Å². The quantitative estimate of drug-likeness (QED) is 0.681. The van der Waals surface area contributed by atoms with Gasteiger partial charge in [0, 0.05) is 13.2 Å². The van der Waals surface area contributed by atoms with Crippen molar-refractivity contribution < 1.29 is 9.53 Å². The molecule has 0 saturated carbocycles. The number of ether oxygens (including phenoxy) is 1. The third-order valence-electron chi connectivity index (χ3n) is 2.16. The van der Waals surface area contributed by atoms with E-state index in [1.807, 2.05) is 13.8 Å². The number of hydrogen-bond donors (Lipinski definition) is 2. The fourth-order valence-electron chi connectivity index (χ4n) is 1.10. The van der Waals surface area contributed by atoms with E-state index in [-0.39, 0.29) is 12.1 Å². The standard InChI is InChI=1S/C11H24N2O2/c1-5-7-12-11(14)13-10(9(3)4)8-15-6-2/h9-10H,5-8H2,1-4H3,(H2,12,13,14). The van der Waals surface area contributed by atoms with Crippen LogP contribution in [0.15, 0.2) is 0 Å². The molecule has 90 valence electrons. The van der Waals surface area contributed by atoms with Crippen molar-refractivity contribution in [3.8, 4) is 0 Å². The molecule has 0 aromatic carbocycles. The van der Waals surface area contributed by atoms with Crippen LogP contribution in [0.2, 0.25) is 0 Å². The Balaban J connectivity index is 3.87. The first-order valence-corrected chi connectivity index (χ1v) is 5.73. The van der Waals surface area contributed by atoms with Crippen LogP contribution in [-0.2, 0) is 4.74 Å². The largest absolute Gasteiger partial charge is 0.380 e. The predicted molar refractivity (Wildman–Crippen MR) is 61.9 cm³/mol. The van der Waals surface area contributed by atoms with Gasteiger partial charge in [-0.05, 0) is 19.3 Å². The molecule has 2 N–H and O–H groups in total. The Morgan fingerprint density at radius 1 is 1.33 bits per heavy atom. The molecule has 0 aromatic rings. The molecule has 0 aliphatic rings. The third-order valence-corrected chi connectivity index (χ3v) is 2.16. The lowest BCUT2D eigenvalue weighted by molar-refractivity contribution is 0.110. The summed E-state index contributed by atoms with van der Waals surface area (Å²) in [4.78, 5) is 11.4. The summed E-state index contributed by atoms with van der Waals surface area (Å²) in [5.74, 6) is 0.379. The molecule has 1 atom stereocenters. The van der Waals surface area contributed by atoms with Crippen molar-refractivity contribution in [3.63, 3.8) is 0 Å². The van der Waals surface area contributed by atoms with Crippen molar-refractivity contribution in [1.82, 2.24) is 10.6 Å². The minimum atomic E-state index is -0.102. The van der Waals surface area contributed by atoms with Gasteiger partial charge in [0.05, 0.1) is 12.6 Å². The molecule has 0 aliphatic heterocycles. The molecule has 4 heteroatoms. The zero-order valence-electron chi connectivity index (χ0n) is 10.3. The van der Waals surface area contributed by atoms with Crippen LogP contribution in [0.1, 0.15) is 34.1 Å². The SMILES string of the molecule is CCCNC(=O)NC(COCC)C(C)C. The van der Waals surface area contributed by atoms with Crippen molar-refractivity contribution in [2.75, 3.05) is 19.8 Å². The highest BCUT2D eigenvalue weighted by atomic mass is 16.5. The summed E-state index contributed by atoms with van der Waals surface area (Å²) < 4.78 is 5.32. The lowest BCUT2D eigenvalue weighted by Crippen LogP contribution is -2.46. The van der Waals surface area contributed by atoms with Gasteiger partial charge < -0.3 is 15.4 Å². The topological polar surface area (TPSA) is 50.4 Å². The molecule has 15 heavy (non-hydrogen) atoms. The van der Waals surface area contributed by atoms with Gasteiger partial charge in [0.15, 0.2) is 0 Å². The Hall–Kier alpha value is -0.770. The first-order valence-electron chi connectivity index (χ1n) is 5.73. The van der Waals surface area contributed by atoms with Crippen LogP contribution < -0.4 is 10.6 Å². The van der Waals surface area contributed by atoms with Crippen LogP contribution >= 0.6 is 0 Å². The van der Waals surface area contributed by atoms with Gasteiger partial charge in [0.1, 0.15) is 0 Å². The summed E-state index contributed by atoms with van der Waals surface area (Å²) in [6.07, 6.45) is 0.950. The second kappa shape index (κ2) is 8.53. The van der Waals surface area contributed by atoms with Crippen LogP contribution in [0.5, 0.6) is 0 Å². The zero-order chi connectivity index (χ0) is 11.7. The maximum absolute atomic E-state index is 11.4. The lowest BCUT2D eigenvalue weighted by Gasteiger charge is -2.22. The summed E-state index contributed by atoms with van der Waals surface area (Å²) in [7, 11) is 0. The van der Waals surface area contributed by atoms with E-state index in [0.29, 0.717) is 25.7 Å². The number of rotatable bonds is 7. The Morgan fingerprint density at radius 2 is 2.00 bits per heavy atom. The highest BCUT2D eigenvalue weighted by Crippen LogP contribution is 2.01. The fourth-order valence-corrected chi connectivity index (χ4v) is 1.10. The minimum Gasteiger partial charge on any atom is -0.380 e. The van der Waals surface area contributed by atoms with Gasteiger partial charge in [-0.25, -0.2) is 4.79 Å². The van der Waals surface area contributed by atoms with Gasteiger partial charge in [-0.3, -0.25) is 0 Å². The monoisotopic (exact) mass is 216 g/mol. The van der Waals surface area contributed by atoms with Crippen LogP contribution in [0, 0.1) is 5.92 Å². The van der Waals surface area contributed by atoms with Crippen LogP contribution in [0.4, 0.5) is 4.79 Å². The average molecular weight is 216 g/mol. The maximum atomic E-state index is 11.4. The van der Waals surface area contributed by atoms with Crippen molar-refractivity contribution in [3.05, 3.63) is 0 Å². The molecule has 0 fully saturated rings. The number of amides is 2. The van der Waals surface area contributed by atoms with Crippen molar-refractivity contribution in [1.29, 1.82) is 0 Å². The van der Waals surface area contributed by atoms with E-state index in [1.54, 1.807) is 0 Å². The third kappa shape index (κ3) is 7.19. The summed E-state index contributed by atoms with van der Waals surface area (Å²) >= 11 is 0. The first kappa shape index (κ1) is 14.2. The van der Waals surface area contributed by atoms with Gasteiger partial charge in [-0.2, -0.15) is 0 Å². The number of carbonyl (C=O) groups is 1. The lowest BCUT2D eigenvalue weighted by atomic mass is 10.1. The molecule has 0 aliphatic carbocycles. The molecular formula is C11H24N2O2. The second-order valence-corrected chi connectivity index (χ2v) is 3.91. The number of urea groups is 1. The van der Waals surface area contributed by atoms with Crippen molar-refractivity contribution in [2.24, 2.45) is 5.92 Å². The van der Waals surface area contributed by atoms with Gasteiger partial charge >= 0.3 is 6.03 Å². The van der Waals surface area contributed by atoms with Crippen LogP contribution in [-0.4, -0.2) is 31.8 Å². The molecule has 2 amide bonds. The van der Waals surface area contributed by atoms with E-state index in [0.717, 1.165) is 6.42 Å². The van der Waals surface area contributed by atoms with Crippen LogP contribution in [0.3, 0.4) is 0 Å². The molecule has 0 spiro atoms. The molecule has 0 radical (unpaired) electrons. The molecule has 0 heterocycles. The average Bonchev–Trinajstić information content (AvgIpc) is 2.20. The molecule has 0 rings (SSSR count). The number of nitrogens with one attached hydrogen (secondary N) is 2. The fraction of sp³-hybridized carbons (Fsp3) is 0.909. The molecule has 0 aromatic heterocycles. The van der Waals surface area contributed by atoms with Gasteiger partial charge in [-0.1, -0.05) is 20.8 Å². The first-order chi connectivity index (χ1) is 7.11. The molecule has 4 nitrogen and oxygen atoms in total. The molecule has 1 unspecified atom stereocenters. The minimum absolute atomic E-state index is 0.0850. The summed E-state index contributed by atoms with van der Waals surface area (Å²) in [6.45, 7) is 10.1. The van der Waals surface area contributed by atoms with Gasteiger partial charge in [0.2, 0.25) is 0 Å². The maximum Gasteiger partial charge on any atom is 0.315 e. The molecule has 0 saturated heterocycles. The van der Waals surface area contributed by atoms with Crippen molar-refractivity contribution >= 4 is 6.03 Å². The zero-order valence-corrected chi connectivity index (χ0v) is 10.3. The van der Waals surface area contributed by atoms with E-state index in [2.05, 4.69) is 24.5 Å². The second-order valence-electron chi connectivity index (χ2n) is 3.91. The summed E-state index contributed by atoms with van der Waals surface area (Å²) in [5, 5.41) is 5.70. The Bertz CT molecular complexity index is 172. The highest BCUT2D eigenvalue weighted by Gasteiger charge is 2.15. The Labute approximate surface area is 92.8 Å².